The standard InChI is InChI=1S/C31H48O4/c1-22(2)13-9-15-24(5)17-11-18-26(7)21-27-30(8,31(27,28(32)33)29(34)35)20-12-19-25(6)16-10-14-23(3)4/h13-14,17,19,21,27H,9-12,15-16,18,20H2,1-8H3,(H,32,33)(H,34,35)/b24-17+,25-19+,26-21+. The molecule has 0 amide bonds. The van der Waals surface area contributed by atoms with Crippen molar-refractivity contribution in [2.24, 2.45) is 16.7 Å². The summed E-state index contributed by atoms with van der Waals surface area (Å²) in [7, 11) is 0. The Bertz CT molecular complexity index is 890. The number of allylic oxidation sites excluding steroid dienone is 10. The second-order valence-electron chi connectivity index (χ2n) is 11.1. The van der Waals surface area contributed by atoms with Crippen LogP contribution in [-0.4, -0.2) is 22.2 Å². The lowest BCUT2D eigenvalue weighted by Crippen LogP contribution is -2.31. The van der Waals surface area contributed by atoms with E-state index in [2.05, 4.69) is 65.8 Å². The van der Waals surface area contributed by atoms with Crippen molar-refractivity contribution < 1.29 is 19.8 Å². The van der Waals surface area contributed by atoms with Gasteiger partial charge in [0, 0.05) is 11.3 Å². The van der Waals surface area contributed by atoms with E-state index in [0.717, 1.165) is 44.1 Å². The zero-order chi connectivity index (χ0) is 26.8. The van der Waals surface area contributed by atoms with E-state index in [-0.39, 0.29) is 0 Å². The molecular formula is C31H48O4. The summed E-state index contributed by atoms with van der Waals surface area (Å²) in [5.41, 5.74) is 3.77. The Morgan fingerprint density at radius 1 is 0.657 bits per heavy atom. The second-order valence-corrected chi connectivity index (χ2v) is 11.1. The Kier molecular flexibility index (Phi) is 12.0. The smallest absolute Gasteiger partial charge is 0.322 e. The van der Waals surface area contributed by atoms with E-state index in [1.165, 1.54) is 22.3 Å². The fraction of sp³-hybridized carbons (Fsp3) is 0.613. The van der Waals surface area contributed by atoms with Crippen LogP contribution in [0.1, 0.15) is 107 Å². The Balaban J connectivity index is 2.88. The molecule has 0 spiro atoms. The van der Waals surface area contributed by atoms with Crippen molar-refractivity contribution >= 4 is 11.9 Å². The molecule has 1 fully saturated rings. The molecule has 196 valence electrons. The molecule has 1 aliphatic carbocycles. The molecule has 0 aromatic carbocycles. The van der Waals surface area contributed by atoms with Crippen LogP contribution in [0.5, 0.6) is 0 Å². The predicted molar refractivity (Wildman–Crippen MR) is 146 cm³/mol. The van der Waals surface area contributed by atoms with Crippen molar-refractivity contribution in [1.29, 1.82) is 0 Å². The first-order valence-electron chi connectivity index (χ1n) is 13.0. The number of aliphatic carboxylic acids is 2. The molecule has 2 unspecified atom stereocenters. The van der Waals surface area contributed by atoms with Crippen LogP contribution < -0.4 is 0 Å². The number of carboxylic acids is 2. The Hall–Kier alpha value is -2.36. The summed E-state index contributed by atoms with van der Waals surface area (Å²) in [6, 6.07) is 0. The Morgan fingerprint density at radius 2 is 1.06 bits per heavy atom. The maximum atomic E-state index is 12.2. The van der Waals surface area contributed by atoms with Gasteiger partial charge in [-0.05, 0) is 99.8 Å². The molecule has 4 nitrogen and oxygen atoms in total. The van der Waals surface area contributed by atoms with Gasteiger partial charge in [0.25, 0.3) is 0 Å². The van der Waals surface area contributed by atoms with E-state index in [1.54, 1.807) is 0 Å². The zero-order valence-electron chi connectivity index (χ0n) is 23.3. The summed E-state index contributed by atoms with van der Waals surface area (Å²) in [6.45, 7) is 16.5. The van der Waals surface area contributed by atoms with Crippen molar-refractivity contribution in [3.05, 3.63) is 58.2 Å². The van der Waals surface area contributed by atoms with Gasteiger partial charge in [0.15, 0.2) is 5.41 Å². The molecule has 0 bridgehead atoms. The van der Waals surface area contributed by atoms with E-state index in [0.29, 0.717) is 12.8 Å². The third-order valence-corrected chi connectivity index (χ3v) is 7.47. The molecule has 2 N–H and O–H groups in total. The molecule has 4 heteroatoms. The highest BCUT2D eigenvalue weighted by molar-refractivity contribution is 6.04. The Labute approximate surface area is 213 Å². The quantitative estimate of drug-likeness (QED) is 0.180. The minimum atomic E-state index is -1.74. The fourth-order valence-corrected chi connectivity index (χ4v) is 5.14. The largest absolute Gasteiger partial charge is 0.480 e. The number of hydrogen-bond donors (Lipinski definition) is 2. The monoisotopic (exact) mass is 484 g/mol. The van der Waals surface area contributed by atoms with Crippen LogP contribution in [0.3, 0.4) is 0 Å². The number of carboxylic acid groups (broad SMARTS) is 2. The van der Waals surface area contributed by atoms with Crippen LogP contribution in [0.15, 0.2) is 58.2 Å². The summed E-state index contributed by atoms with van der Waals surface area (Å²) < 4.78 is 0. The minimum Gasteiger partial charge on any atom is -0.480 e. The molecule has 1 aliphatic rings. The van der Waals surface area contributed by atoms with Crippen molar-refractivity contribution in [2.45, 2.75) is 107 Å². The van der Waals surface area contributed by atoms with Gasteiger partial charge >= 0.3 is 11.9 Å². The van der Waals surface area contributed by atoms with Gasteiger partial charge in [-0.1, -0.05) is 65.2 Å². The summed E-state index contributed by atoms with van der Waals surface area (Å²) in [5.74, 6) is -2.94. The van der Waals surface area contributed by atoms with Gasteiger partial charge in [-0.25, -0.2) is 0 Å². The lowest BCUT2D eigenvalue weighted by Gasteiger charge is -2.14. The first-order valence-corrected chi connectivity index (χ1v) is 13.0. The first kappa shape index (κ1) is 30.7. The van der Waals surface area contributed by atoms with Gasteiger partial charge in [0.2, 0.25) is 0 Å². The predicted octanol–water partition coefficient (Wildman–Crippen LogP) is 8.67. The third kappa shape index (κ3) is 8.37. The van der Waals surface area contributed by atoms with Gasteiger partial charge in [0.05, 0.1) is 0 Å². The minimum absolute atomic E-state index is 0.493. The van der Waals surface area contributed by atoms with Crippen LogP contribution in [-0.2, 0) is 9.59 Å². The first-order chi connectivity index (χ1) is 16.3. The fourth-order valence-electron chi connectivity index (χ4n) is 5.14. The third-order valence-electron chi connectivity index (χ3n) is 7.47. The van der Waals surface area contributed by atoms with Gasteiger partial charge < -0.3 is 10.2 Å². The van der Waals surface area contributed by atoms with E-state index < -0.39 is 28.7 Å². The highest BCUT2D eigenvalue weighted by Crippen LogP contribution is 2.72. The number of carbonyl (C=O) groups is 2. The molecule has 1 rings (SSSR count). The molecule has 0 saturated heterocycles. The lowest BCUT2D eigenvalue weighted by atomic mass is 9.89. The molecule has 1 saturated carbocycles. The van der Waals surface area contributed by atoms with Gasteiger partial charge in [0.1, 0.15) is 0 Å². The second kappa shape index (κ2) is 13.7. The lowest BCUT2D eigenvalue weighted by molar-refractivity contribution is -0.159. The number of hydrogen-bond acceptors (Lipinski definition) is 2. The van der Waals surface area contributed by atoms with Crippen LogP contribution in [0.25, 0.3) is 0 Å². The van der Waals surface area contributed by atoms with Gasteiger partial charge in [-0.3, -0.25) is 9.59 Å². The molecule has 0 aromatic heterocycles. The van der Waals surface area contributed by atoms with E-state index in [4.69, 9.17) is 0 Å². The average molecular weight is 485 g/mol. The molecule has 0 radical (unpaired) electrons. The van der Waals surface area contributed by atoms with Crippen LogP contribution >= 0.6 is 0 Å². The van der Waals surface area contributed by atoms with Crippen molar-refractivity contribution in [3.8, 4) is 0 Å². The van der Waals surface area contributed by atoms with Crippen molar-refractivity contribution in [3.63, 3.8) is 0 Å². The van der Waals surface area contributed by atoms with Gasteiger partial charge in [-0.15, -0.1) is 0 Å². The van der Waals surface area contributed by atoms with Gasteiger partial charge in [-0.2, -0.15) is 0 Å². The summed E-state index contributed by atoms with van der Waals surface area (Å²) in [4.78, 5) is 24.5. The van der Waals surface area contributed by atoms with E-state index in [1.807, 2.05) is 19.9 Å². The summed E-state index contributed by atoms with van der Waals surface area (Å²) in [5, 5.41) is 20.0. The van der Waals surface area contributed by atoms with Crippen molar-refractivity contribution in [2.75, 3.05) is 0 Å². The average Bonchev–Trinajstić information content (AvgIpc) is 3.26. The molecule has 35 heavy (non-hydrogen) atoms. The number of rotatable bonds is 15. The molecular weight excluding hydrogens is 436 g/mol. The van der Waals surface area contributed by atoms with Crippen LogP contribution in [0.2, 0.25) is 0 Å². The topological polar surface area (TPSA) is 74.6 Å². The van der Waals surface area contributed by atoms with Crippen molar-refractivity contribution in [1.82, 2.24) is 0 Å². The summed E-state index contributed by atoms with van der Waals surface area (Å²) in [6.07, 6.45) is 17.7. The Morgan fingerprint density at radius 3 is 1.49 bits per heavy atom. The van der Waals surface area contributed by atoms with Crippen LogP contribution in [0.4, 0.5) is 0 Å². The highest BCUT2D eigenvalue weighted by Gasteiger charge is 2.81. The normalized spacial score (nSPS) is 21.9. The summed E-state index contributed by atoms with van der Waals surface area (Å²) >= 11 is 0. The molecule has 2 atom stereocenters. The van der Waals surface area contributed by atoms with Crippen LogP contribution in [0, 0.1) is 16.7 Å². The maximum absolute atomic E-state index is 12.2. The molecule has 0 heterocycles. The van der Waals surface area contributed by atoms with E-state index in [9.17, 15) is 19.8 Å². The molecule has 0 aliphatic heterocycles. The SMILES string of the molecule is CC(C)=CCC/C(C)=C/CC/C(C)=C/C1C(C)(CC/C=C(\C)CCC=C(C)C)C1(C(=O)O)C(=O)O. The van der Waals surface area contributed by atoms with E-state index >= 15 is 0 Å². The maximum Gasteiger partial charge on any atom is 0.322 e. The zero-order valence-corrected chi connectivity index (χ0v) is 23.3. The molecule has 0 aromatic rings. The highest BCUT2D eigenvalue weighted by atomic mass is 16.4.